The molecule has 7 heteroatoms. The zero-order valence-corrected chi connectivity index (χ0v) is 15.7. The molecule has 0 amide bonds. The number of nitriles is 1. The van der Waals surface area contributed by atoms with Gasteiger partial charge >= 0.3 is 0 Å². The maximum atomic E-state index is 13.2. The molecule has 0 spiro atoms. The smallest absolute Gasteiger partial charge is 0.140 e. The number of aryl methyl sites for hydroxylation is 1. The predicted molar refractivity (Wildman–Crippen MR) is 106 cm³/mol. The first kappa shape index (κ1) is 17.4. The molecule has 4 nitrogen and oxygen atoms in total. The highest BCUT2D eigenvalue weighted by molar-refractivity contribution is 7.19. The van der Waals surface area contributed by atoms with Crippen LogP contribution < -0.4 is 0 Å². The van der Waals surface area contributed by atoms with Crippen LogP contribution in [0.25, 0.3) is 27.6 Å². The standard InChI is InChI=1S/C20H12ClFN4S/c1-12-16(19(21)26(25-12)15-8-6-14(22)7-9-15)10-13(11-23)20-24-17-4-2-3-5-18(17)27-20/h2-10H,1H3/b13-10+. The van der Waals surface area contributed by atoms with E-state index in [-0.39, 0.29) is 5.82 Å². The van der Waals surface area contributed by atoms with Crippen LogP contribution in [-0.2, 0) is 0 Å². The lowest BCUT2D eigenvalue weighted by atomic mass is 10.2. The first-order chi connectivity index (χ1) is 13.1. The third kappa shape index (κ3) is 3.23. The molecule has 0 aliphatic rings. The Bertz CT molecular complexity index is 1180. The highest BCUT2D eigenvalue weighted by Gasteiger charge is 2.16. The summed E-state index contributed by atoms with van der Waals surface area (Å²) in [4.78, 5) is 4.53. The second-order valence-corrected chi connectivity index (χ2v) is 7.22. The van der Waals surface area contributed by atoms with Crippen LogP contribution in [0.2, 0.25) is 5.15 Å². The number of benzene rings is 2. The number of halogens is 2. The van der Waals surface area contributed by atoms with Gasteiger partial charge in [0.2, 0.25) is 0 Å². The Kier molecular flexibility index (Phi) is 4.48. The Hall–Kier alpha value is -3.01. The van der Waals surface area contributed by atoms with Gasteiger partial charge in [0.25, 0.3) is 0 Å². The number of para-hydroxylation sites is 1. The van der Waals surface area contributed by atoms with E-state index in [0.29, 0.717) is 32.7 Å². The topological polar surface area (TPSA) is 54.5 Å². The van der Waals surface area contributed by atoms with E-state index in [1.165, 1.54) is 28.2 Å². The lowest BCUT2D eigenvalue weighted by Gasteiger charge is -2.02. The molecule has 0 saturated heterocycles. The number of rotatable bonds is 3. The zero-order chi connectivity index (χ0) is 19.0. The van der Waals surface area contributed by atoms with Gasteiger partial charge in [-0.2, -0.15) is 10.4 Å². The van der Waals surface area contributed by atoms with Crippen LogP contribution >= 0.6 is 22.9 Å². The number of thiazole rings is 1. The Labute approximate surface area is 163 Å². The Morgan fingerprint density at radius 2 is 1.96 bits per heavy atom. The molecule has 132 valence electrons. The van der Waals surface area contributed by atoms with Crippen molar-refractivity contribution < 1.29 is 4.39 Å². The summed E-state index contributed by atoms with van der Waals surface area (Å²) >= 11 is 7.96. The Balaban J connectivity index is 1.80. The molecule has 0 saturated carbocycles. The van der Waals surface area contributed by atoms with Crippen LogP contribution in [0, 0.1) is 24.1 Å². The fourth-order valence-corrected chi connectivity index (χ4v) is 3.96. The van der Waals surface area contributed by atoms with Crippen molar-refractivity contribution in [3.63, 3.8) is 0 Å². The van der Waals surface area contributed by atoms with Crippen molar-refractivity contribution in [2.45, 2.75) is 6.92 Å². The number of hydrogen-bond donors (Lipinski definition) is 0. The van der Waals surface area contributed by atoms with Gasteiger partial charge < -0.3 is 0 Å². The SMILES string of the molecule is Cc1nn(-c2ccc(F)cc2)c(Cl)c1/C=C(\C#N)c1nc2ccccc2s1. The van der Waals surface area contributed by atoms with E-state index in [2.05, 4.69) is 16.2 Å². The summed E-state index contributed by atoms with van der Waals surface area (Å²) < 4.78 is 15.7. The lowest BCUT2D eigenvalue weighted by Crippen LogP contribution is -1.96. The van der Waals surface area contributed by atoms with Crippen LogP contribution in [0.4, 0.5) is 4.39 Å². The molecule has 0 bridgehead atoms. The summed E-state index contributed by atoms with van der Waals surface area (Å²) in [5.41, 5.74) is 3.21. The van der Waals surface area contributed by atoms with Gasteiger partial charge in [-0.05, 0) is 49.4 Å². The summed E-state index contributed by atoms with van der Waals surface area (Å²) in [7, 11) is 0. The molecular formula is C20H12ClFN4S. The minimum absolute atomic E-state index is 0.332. The number of nitrogens with zero attached hydrogens (tertiary/aromatic N) is 4. The van der Waals surface area contributed by atoms with Crippen molar-refractivity contribution in [2.24, 2.45) is 0 Å². The van der Waals surface area contributed by atoms with Crippen LogP contribution in [0.5, 0.6) is 0 Å². The minimum Gasteiger partial charge on any atom is -0.235 e. The Morgan fingerprint density at radius 3 is 2.67 bits per heavy atom. The van der Waals surface area contributed by atoms with Gasteiger partial charge in [-0.15, -0.1) is 11.3 Å². The predicted octanol–water partition coefficient (Wildman–Crippen LogP) is 5.65. The van der Waals surface area contributed by atoms with Crippen LogP contribution in [0.15, 0.2) is 48.5 Å². The normalized spacial score (nSPS) is 11.7. The third-order valence-corrected chi connectivity index (χ3v) is 5.49. The van der Waals surface area contributed by atoms with E-state index in [4.69, 9.17) is 11.6 Å². The van der Waals surface area contributed by atoms with Crippen molar-refractivity contribution in [1.82, 2.24) is 14.8 Å². The van der Waals surface area contributed by atoms with Crippen LogP contribution in [0.1, 0.15) is 16.3 Å². The zero-order valence-electron chi connectivity index (χ0n) is 14.1. The molecule has 0 atom stereocenters. The molecular weight excluding hydrogens is 383 g/mol. The highest BCUT2D eigenvalue weighted by Crippen LogP contribution is 2.31. The molecule has 4 rings (SSSR count). The fraction of sp³-hybridized carbons (Fsp3) is 0.0500. The molecule has 4 aromatic rings. The molecule has 27 heavy (non-hydrogen) atoms. The minimum atomic E-state index is -0.332. The van der Waals surface area contributed by atoms with E-state index in [1.807, 2.05) is 31.2 Å². The number of allylic oxidation sites excluding steroid dienone is 1. The molecule has 0 aliphatic carbocycles. The van der Waals surface area contributed by atoms with E-state index >= 15 is 0 Å². The number of aromatic nitrogens is 3. The summed E-state index contributed by atoms with van der Waals surface area (Å²) in [5.74, 6) is -0.332. The summed E-state index contributed by atoms with van der Waals surface area (Å²) in [5, 5.41) is 15.0. The molecule has 0 unspecified atom stereocenters. The van der Waals surface area contributed by atoms with Gasteiger partial charge in [0.15, 0.2) is 0 Å². The number of fused-ring (bicyclic) bond motifs is 1. The second-order valence-electron chi connectivity index (χ2n) is 5.83. The summed E-state index contributed by atoms with van der Waals surface area (Å²) in [6.07, 6.45) is 1.70. The first-order valence-electron chi connectivity index (χ1n) is 8.05. The molecule has 2 aromatic carbocycles. The average molecular weight is 395 g/mol. The fourth-order valence-electron chi connectivity index (χ4n) is 2.70. The van der Waals surface area contributed by atoms with E-state index < -0.39 is 0 Å². The third-order valence-electron chi connectivity index (χ3n) is 4.05. The van der Waals surface area contributed by atoms with Gasteiger partial charge in [0.1, 0.15) is 22.0 Å². The molecule has 0 fully saturated rings. The van der Waals surface area contributed by atoms with Crippen LogP contribution in [0.3, 0.4) is 0 Å². The van der Waals surface area contributed by atoms with Crippen molar-refractivity contribution in [3.8, 4) is 11.8 Å². The summed E-state index contributed by atoms with van der Waals surface area (Å²) in [6.45, 7) is 1.81. The maximum absolute atomic E-state index is 13.2. The van der Waals surface area contributed by atoms with Gasteiger partial charge in [0.05, 0.1) is 27.2 Å². The monoisotopic (exact) mass is 394 g/mol. The second kappa shape index (κ2) is 6.95. The first-order valence-corrected chi connectivity index (χ1v) is 9.25. The Morgan fingerprint density at radius 1 is 1.22 bits per heavy atom. The van der Waals surface area contributed by atoms with E-state index in [9.17, 15) is 9.65 Å². The molecule has 0 aliphatic heterocycles. The van der Waals surface area contributed by atoms with E-state index in [1.54, 1.807) is 18.2 Å². The largest absolute Gasteiger partial charge is 0.235 e. The maximum Gasteiger partial charge on any atom is 0.140 e. The molecule has 0 N–H and O–H groups in total. The van der Waals surface area contributed by atoms with E-state index in [0.717, 1.165) is 10.2 Å². The average Bonchev–Trinajstić information content (AvgIpc) is 3.22. The van der Waals surface area contributed by atoms with Gasteiger partial charge in [-0.1, -0.05) is 23.7 Å². The van der Waals surface area contributed by atoms with Crippen molar-refractivity contribution >= 4 is 44.8 Å². The van der Waals surface area contributed by atoms with Crippen molar-refractivity contribution in [3.05, 3.63) is 75.8 Å². The molecule has 2 heterocycles. The molecule has 2 aromatic heterocycles. The van der Waals surface area contributed by atoms with Crippen molar-refractivity contribution in [1.29, 1.82) is 5.26 Å². The lowest BCUT2D eigenvalue weighted by molar-refractivity contribution is 0.627. The van der Waals surface area contributed by atoms with Gasteiger partial charge in [-0.3, -0.25) is 0 Å². The van der Waals surface area contributed by atoms with Gasteiger partial charge in [-0.25, -0.2) is 14.1 Å². The van der Waals surface area contributed by atoms with Gasteiger partial charge in [0, 0.05) is 5.56 Å². The highest BCUT2D eigenvalue weighted by atomic mass is 35.5. The quantitative estimate of drug-likeness (QED) is 0.422. The van der Waals surface area contributed by atoms with Crippen LogP contribution in [-0.4, -0.2) is 14.8 Å². The van der Waals surface area contributed by atoms with Crippen molar-refractivity contribution in [2.75, 3.05) is 0 Å². The molecule has 0 radical (unpaired) electrons. The summed E-state index contributed by atoms with van der Waals surface area (Å²) in [6, 6.07) is 15.8. The number of hydrogen-bond acceptors (Lipinski definition) is 4.